The highest BCUT2D eigenvalue weighted by Crippen LogP contribution is 2.30. The van der Waals surface area contributed by atoms with Crippen LogP contribution in [0.15, 0.2) is 18.2 Å². The SMILES string of the molecule is O=C(c1cccc2c1OCCC2)C1CCCCN1. The molecule has 1 atom stereocenters. The molecule has 0 saturated carbocycles. The number of benzene rings is 1. The molecule has 1 saturated heterocycles. The van der Waals surface area contributed by atoms with E-state index in [-0.39, 0.29) is 11.8 Å². The first kappa shape index (κ1) is 11.7. The summed E-state index contributed by atoms with van der Waals surface area (Å²) in [6.07, 6.45) is 5.33. The lowest BCUT2D eigenvalue weighted by Crippen LogP contribution is -2.40. The van der Waals surface area contributed by atoms with Crippen molar-refractivity contribution in [3.63, 3.8) is 0 Å². The van der Waals surface area contributed by atoms with Crippen molar-refractivity contribution >= 4 is 5.78 Å². The van der Waals surface area contributed by atoms with Gasteiger partial charge in [-0.3, -0.25) is 4.79 Å². The summed E-state index contributed by atoms with van der Waals surface area (Å²) >= 11 is 0. The maximum Gasteiger partial charge on any atom is 0.183 e. The highest BCUT2D eigenvalue weighted by Gasteiger charge is 2.26. The Bertz CT molecular complexity index is 450. The van der Waals surface area contributed by atoms with Crippen molar-refractivity contribution in [2.45, 2.75) is 38.1 Å². The van der Waals surface area contributed by atoms with E-state index in [1.165, 1.54) is 12.0 Å². The van der Waals surface area contributed by atoms with Crippen LogP contribution in [-0.2, 0) is 6.42 Å². The second-order valence-electron chi connectivity index (χ2n) is 5.11. The number of ether oxygens (including phenoxy) is 1. The Morgan fingerprint density at radius 2 is 2.22 bits per heavy atom. The average Bonchev–Trinajstić information content (AvgIpc) is 2.47. The summed E-state index contributed by atoms with van der Waals surface area (Å²) in [6.45, 7) is 1.68. The molecule has 0 spiro atoms. The molecule has 1 fully saturated rings. The zero-order valence-corrected chi connectivity index (χ0v) is 10.6. The molecular formula is C15H19NO2. The number of para-hydroxylation sites is 1. The van der Waals surface area contributed by atoms with Crippen LogP contribution in [0.4, 0.5) is 0 Å². The quantitative estimate of drug-likeness (QED) is 0.813. The molecular weight excluding hydrogens is 226 g/mol. The van der Waals surface area contributed by atoms with Gasteiger partial charge in [-0.25, -0.2) is 0 Å². The van der Waals surface area contributed by atoms with E-state index in [1.54, 1.807) is 0 Å². The molecule has 2 aliphatic heterocycles. The Labute approximate surface area is 108 Å². The molecule has 3 nitrogen and oxygen atoms in total. The summed E-state index contributed by atoms with van der Waals surface area (Å²) in [4.78, 5) is 12.5. The minimum absolute atomic E-state index is 0.0178. The number of aryl methyl sites for hydroxylation is 1. The summed E-state index contributed by atoms with van der Waals surface area (Å²) in [5.41, 5.74) is 1.95. The fourth-order valence-electron chi connectivity index (χ4n) is 2.85. The lowest BCUT2D eigenvalue weighted by atomic mass is 9.93. The van der Waals surface area contributed by atoms with E-state index < -0.39 is 0 Å². The molecule has 2 aliphatic rings. The summed E-state index contributed by atoms with van der Waals surface area (Å²) in [5, 5.41) is 3.32. The van der Waals surface area contributed by atoms with Crippen molar-refractivity contribution < 1.29 is 9.53 Å². The molecule has 3 rings (SSSR count). The van der Waals surface area contributed by atoms with Crippen LogP contribution in [0, 0.1) is 0 Å². The molecule has 3 heteroatoms. The Morgan fingerprint density at radius 1 is 1.28 bits per heavy atom. The molecule has 0 radical (unpaired) electrons. The van der Waals surface area contributed by atoms with Crippen LogP contribution in [0.5, 0.6) is 5.75 Å². The second-order valence-corrected chi connectivity index (χ2v) is 5.11. The fraction of sp³-hybridized carbons (Fsp3) is 0.533. The third-order valence-electron chi connectivity index (χ3n) is 3.83. The van der Waals surface area contributed by atoms with Gasteiger partial charge in [0, 0.05) is 0 Å². The monoisotopic (exact) mass is 245 g/mol. The molecule has 96 valence electrons. The second kappa shape index (κ2) is 5.11. The first-order valence-corrected chi connectivity index (χ1v) is 6.88. The summed E-state index contributed by atoms with van der Waals surface area (Å²) in [5.74, 6) is 1.04. The smallest absolute Gasteiger partial charge is 0.183 e. The van der Waals surface area contributed by atoms with Gasteiger partial charge >= 0.3 is 0 Å². The van der Waals surface area contributed by atoms with Gasteiger partial charge in [-0.05, 0) is 43.9 Å². The van der Waals surface area contributed by atoms with Gasteiger partial charge in [-0.1, -0.05) is 18.6 Å². The molecule has 0 bridgehead atoms. The van der Waals surface area contributed by atoms with Crippen LogP contribution in [0.25, 0.3) is 0 Å². The number of hydrogen-bond acceptors (Lipinski definition) is 3. The Balaban J connectivity index is 1.89. The van der Waals surface area contributed by atoms with Crippen molar-refractivity contribution in [1.29, 1.82) is 0 Å². The van der Waals surface area contributed by atoms with Gasteiger partial charge in [0.25, 0.3) is 0 Å². The highest BCUT2D eigenvalue weighted by atomic mass is 16.5. The molecule has 1 N–H and O–H groups in total. The number of carbonyl (C=O) groups is 1. The Kier molecular flexibility index (Phi) is 3.33. The molecule has 1 aromatic carbocycles. The lowest BCUT2D eigenvalue weighted by molar-refractivity contribution is 0.0922. The van der Waals surface area contributed by atoms with Gasteiger partial charge in [0.05, 0.1) is 18.2 Å². The predicted octanol–water partition coefficient (Wildman–Crippen LogP) is 2.34. The summed E-state index contributed by atoms with van der Waals surface area (Å²) in [6, 6.07) is 5.93. The fourth-order valence-corrected chi connectivity index (χ4v) is 2.85. The number of carbonyl (C=O) groups excluding carboxylic acids is 1. The van der Waals surface area contributed by atoms with Crippen molar-refractivity contribution in [1.82, 2.24) is 5.32 Å². The number of hydrogen-bond donors (Lipinski definition) is 1. The molecule has 0 amide bonds. The van der Waals surface area contributed by atoms with E-state index in [2.05, 4.69) is 11.4 Å². The Morgan fingerprint density at radius 3 is 3.06 bits per heavy atom. The molecule has 0 aromatic heterocycles. The highest BCUT2D eigenvalue weighted by molar-refractivity contribution is 6.02. The van der Waals surface area contributed by atoms with Crippen LogP contribution >= 0.6 is 0 Å². The van der Waals surface area contributed by atoms with Crippen molar-refractivity contribution in [2.75, 3.05) is 13.2 Å². The van der Waals surface area contributed by atoms with Crippen molar-refractivity contribution in [3.05, 3.63) is 29.3 Å². The normalized spacial score (nSPS) is 23.0. The molecule has 18 heavy (non-hydrogen) atoms. The minimum Gasteiger partial charge on any atom is -0.493 e. The minimum atomic E-state index is -0.0178. The molecule has 2 heterocycles. The number of rotatable bonds is 2. The van der Waals surface area contributed by atoms with E-state index >= 15 is 0 Å². The third kappa shape index (κ3) is 2.15. The van der Waals surface area contributed by atoms with Crippen LogP contribution in [0.3, 0.4) is 0 Å². The van der Waals surface area contributed by atoms with Crippen molar-refractivity contribution in [2.24, 2.45) is 0 Å². The molecule has 0 aliphatic carbocycles. The van der Waals surface area contributed by atoms with E-state index in [1.807, 2.05) is 12.1 Å². The maximum absolute atomic E-state index is 12.5. The van der Waals surface area contributed by atoms with Gasteiger partial charge in [-0.2, -0.15) is 0 Å². The predicted molar refractivity (Wildman–Crippen MR) is 70.2 cm³/mol. The van der Waals surface area contributed by atoms with Crippen LogP contribution < -0.4 is 10.1 Å². The first-order chi connectivity index (χ1) is 8.86. The topological polar surface area (TPSA) is 38.3 Å². The van der Waals surface area contributed by atoms with Crippen LogP contribution in [0.1, 0.15) is 41.6 Å². The number of fused-ring (bicyclic) bond motifs is 1. The third-order valence-corrected chi connectivity index (χ3v) is 3.83. The van der Waals surface area contributed by atoms with E-state index in [0.29, 0.717) is 0 Å². The number of ketones is 1. The largest absolute Gasteiger partial charge is 0.493 e. The van der Waals surface area contributed by atoms with Crippen LogP contribution in [-0.4, -0.2) is 25.0 Å². The van der Waals surface area contributed by atoms with Gasteiger partial charge in [0.15, 0.2) is 5.78 Å². The van der Waals surface area contributed by atoms with Gasteiger partial charge in [0.1, 0.15) is 5.75 Å². The number of Topliss-reactive ketones (excluding diaryl/α,β-unsaturated/α-hetero) is 1. The van der Waals surface area contributed by atoms with Crippen molar-refractivity contribution in [3.8, 4) is 5.75 Å². The Hall–Kier alpha value is -1.35. The standard InChI is InChI=1S/C15H19NO2/c17-14(13-8-1-2-9-16-13)12-7-3-5-11-6-4-10-18-15(11)12/h3,5,7,13,16H,1-2,4,6,8-10H2. The average molecular weight is 245 g/mol. The van der Waals surface area contributed by atoms with Gasteiger partial charge < -0.3 is 10.1 Å². The lowest BCUT2D eigenvalue weighted by Gasteiger charge is -2.25. The van der Waals surface area contributed by atoms with Gasteiger partial charge in [0.2, 0.25) is 0 Å². The number of nitrogens with one attached hydrogen (secondary N) is 1. The zero-order valence-electron chi connectivity index (χ0n) is 10.6. The van der Waals surface area contributed by atoms with E-state index in [9.17, 15) is 4.79 Å². The maximum atomic E-state index is 12.5. The molecule has 1 unspecified atom stereocenters. The van der Waals surface area contributed by atoms with Gasteiger partial charge in [-0.15, -0.1) is 0 Å². The van der Waals surface area contributed by atoms with E-state index in [4.69, 9.17) is 4.74 Å². The molecule has 1 aromatic rings. The number of piperidine rings is 1. The summed E-state index contributed by atoms with van der Waals surface area (Å²) < 4.78 is 5.72. The van der Waals surface area contributed by atoms with E-state index in [0.717, 1.165) is 50.1 Å². The first-order valence-electron chi connectivity index (χ1n) is 6.88. The summed E-state index contributed by atoms with van der Waals surface area (Å²) in [7, 11) is 0. The zero-order chi connectivity index (χ0) is 12.4. The van der Waals surface area contributed by atoms with Crippen LogP contribution in [0.2, 0.25) is 0 Å².